The van der Waals surface area contributed by atoms with E-state index in [1.165, 1.54) is 12.7 Å². The Balaban J connectivity index is 1.34. The van der Waals surface area contributed by atoms with E-state index in [0.717, 1.165) is 37.3 Å². The fraction of sp³-hybridized carbons (Fsp3) is 0.545. The van der Waals surface area contributed by atoms with Gasteiger partial charge in [-0.25, -0.2) is 15.0 Å². The summed E-state index contributed by atoms with van der Waals surface area (Å²) in [7, 11) is 0. The Morgan fingerprint density at radius 3 is 2.70 bits per heavy atom. The summed E-state index contributed by atoms with van der Waals surface area (Å²) in [4.78, 5) is 29.8. The van der Waals surface area contributed by atoms with Crippen LogP contribution in [0.1, 0.15) is 44.2 Å². The summed E-state index contributed by atoms with van der Waals surface area (Å²) in [6.45, 7) is 4.87. The molecule has 30 heavy (non-hydrogen) atoms. The molecule has 0 radical (unpaired) electrons. The van der Waals surface area contributed by atoms with Gasteiger partial charge in [0.25, 0.3) is 0 Å². The zero-order valence-corrected chi connectivity index (χ0v) is 17.2. The smallest absolute Gasteiger partial charge is 0.228 e. The van der Waals surface area contributed by atoms with Gasteiger partial charge < -0.3 is 20.2 Å². The molecule has 0 bridgehead atoms. The number of nitrogens with zero attached hydrogens (tertiary/aromatic N) is 5. The van der Waals surface area contributed by atoms with Crippen LogP contribution in [-0.4, -0.2) is 51.7 Å². The number of aromatic nitrogens is 3. The first kappa shape index (κ1) is 19.2. The van der Waals surface area contributed by atoms with Crippen molar-refractivity contribution in [2.24, 2.45) is 11.8 Å². The monoisotopic (exact) mass is 408 g/mol. The lowest BCUT2D eigenvalue weighted by Gasteiger charge is -2.26. The van der Waals surface area contributed by atoms with Crippen molar-refractivity contribution in [3.63, 3.8) is 0 Å². The van der Waals surface area contributed by atoms with E-state index in [1.54, 1.807) is 6.07 Å². The summed E-state index contributed by atoms with van der Waals surface area (Å²) in [5.41, 5.74) is 1.06. The van der Waals surface area contributed by atoms with E-state index >= 15 is 0 Å². The fourth-order valence-electron chi connectivity index (χ4n) is 4.45. The van der Waals surface area contributed by atoms with Gasteiger partial charge in [-0.15, -0.1) is 0 Å². The van der Waals surface area contributed by atoms with Crippen molar-refractivity contribution in [3.8, 4) is 0 Å². The fourth-order valence-corrected chi connectivity index (χ4v) is 4.45. The molecule has 1 amide bonds. The van der Waals surface area contributed by atoms with E-state index in [2.05, 4.69) is 44.1 Å². The number of hydrogen-bond acceptors (Lipinski definition) is 7. The molecule has 1 saturated carbocycles. The van der Waals surface area contributed by atoms with E-state index in [9.17, 15) is 9.90 Å². The topological polar surface area (TPSA) is 94.5 Å². The van der Waals surface area contributed by atoms with Gasteiger partial charge in [0, 0.05) is 37.8 Å². The molecular weight excluding hydrogens is 380 g/mol. The van der Waals surface area contributed by atoms with Crippen molar-refractivity contribution < 1.29 is 9.90 Å². The van der Waals surface area contributed by atoms with Crippen LogP contribution in [0.5, 0.6) is 0 Å². The van der Waals surface area contributed by atoms with Crippen molar-refractivity contribution in [1.29, 1.82) is 0 Å². The zero-order chi connectivity index (χ0) is 20.7. The van der Waals surface area contributed by atoms with Gasteiger partial charge in [-0.3, -0.25) is 4.79 Å². The highest BCUT2D eigenvalue weighted by Gasteiger charge is 2.34. The first-order valence-electron chi connectivity index (χ1n) is 10.9. The van der Waals surface area contributed by atoms with Crippen LogP contribution in [0.4, 0.5) is 17.5 Å². The second-order valence-corrected chi connectivity index (χ2v) is 8.87. The third kappa shape index (κ3) is 3.96. The van der Waals surface area contributed by atoms with E-state index in [0.29, 0.717) is 30.5 Å². The zero-order valence-electron chi connectivity index (χ0n) is 17.2. The molecule has 2 saturated heterocycles. The summed E-state index contributed by atoms with van der Waals surface area (Å²) in [6.07, 6.45) is 6.68. The van der Waals surface area contributed by atoms with Gasteiger partial charge in [0.15, 0.2) is 0 Å². The maximum atomic E-state index is 12.1. The normalized spacial score (nSPS) is 26.3. The Bertz CT molecular complexity index is 916. The number of aliphatic hydroxyl groups excluding tert-OH is 1. The van der Waals surface area contributed by atoms with Crippen LogP contribution >= 0.6 is 0 Å². The number of amides is 1. The number of carbonyl (C=O) groups excluding carboxylic acids is 1. The highest BCUT2D eigenvalue weighted by molar-refractivity contribution is 5.93. The standard InChI is InChI=1S/C22H28N6O2/c1-14-6-7-27(11-14)20-5-4-16(10-23-20)18-8-17(29)12-28(18)21-9-19(24-13-25-21)26-22(30)15-2-3-15/h4-5,9-10,13-15,17-18,29H,2-3,6-8,11-12H2,1H3,(H,24,25,26,30)/t14?,17?,18-/m1/s1. The Hall–Kier alpha value is -2.74. The lowest BCUT2D eigenvalue weighted by molar-refractivity contribution is -0.117. The van der Waals surface area contributed by atoms with Crippen LogP contribution in [0.25, 0.3) is 0 Å². The maximum Gasteiger partial charge on any atom is 0.228 e. The Labute approximate surface area is 176 Å². The van der Waals surface area contributed by atoms with Gasteiger partial charge in [-0.05, 0) is 43.2 Å². The number of anilines is 3. The van der Waals surface area contributed by atoms with Crippen LogP contribution in [0.15, 0.2) is 30.7 Å². The Morgan fingerprint density at radius 1 is 1.13 bits per heavy atom. The number of β-amino-alcohol motifs (C(OH)–C–C–N with tert-alkyl or cyclic N) is 1. The maximum absolute atomic E-state index is 12.1. The lowest BCUT2D eigenvalue weighted by atomic mass is 10.1. The lowest BCUT2D eigenvalue weighted by Crippen LogP contribution is -2.26. The highest BCUT2D eigenvalue weighted by Crippen LogP contribution is 2.36. The van der Waals surface area contributed by atoms with E-state index in [4.69, 9.17) is 4.98 Å². The van der Waals surface area contributed by atoms with Crippen LogP contribution < -0.4 is 15.1 Å². The van der Waals surface area contributed by atoms with Gasteiger partial charge >= 0.3 is 0 Å². The summed E-state index contributed by atoms with van der Waals surface area (Å²) in [5.74, 6) is 3.07. The average molecular weight is 409 g/mol. The molecule has 8 heteroatoms. The molecule has 8 nitrogen and oxygen atoms in total. The minimum absolute atomic E-state index is 0.0130. The molecule has 2 aromatic heterocycles. The summed E-state index contributed by atoms with van der Waals surface area (Å²) >= 11 is 0. The van der Waals surface area contributed by atoms with E-state index < -0.39 is 6.10 Å². The van der Waals surface area contributed by atoms with Gasteiger partial charge in [0.1, 0.15) is 23.8 Å². The SMILES string of the molecule is CC1CCN(c2ccc([C@H]3CC(O)CN3c3cc(NC(=O)C4CC4)ncn3)cn2)C1. The Morgan fingerprint density at radius 2 is 2.00 bits per heavy atom. The van der Waals surface area contributed by atoms with Gasteiger partial charge in [-0.2, -0.15) is 0 Å². The molecule has 1 aliphatic carbocycles. The molecule has 3 fully saturated rings. The molecular formula is C22H28N6O2. The first-order chi connectivity index (χ1) is 14.6. The van der Waals surface area contributed by atoms with Crippen molar-refractivity contribution in [2.45, 2.75) is 44.8 Å². The predicted molar refractivity (Wildman–Crippen MR) is 114 cm³/mol. The van der Waals surface area contributed by atoms with Gasteiger partial charge in [-0.1, -0.05) is 13.0 Å². The Kier molecular flexibility index (Phi) is 5.02. The van der Waals surface area contributed by atoms with Crippen LogP contribution in [-0.2, 0) is 4.79 Å². The van der Waals surface area contributed by atoms with Crippen LogP contribution in [0, 0.1) is 11.8 Å². The first-order valence-corrected chi connectivity index (χ1v) is 10.9. The number of nitrogens with one attached hydrogen (secondary N) is 1. The van der Waals surface area contributed by atoms with Crippen molar-refractivity contribution >= 4 is 23.4 Å². The summed E-state index contributed by atoms with van der Waals surface area (Å²) in [6, 6.07) is 5.97. The number of hydrogen-bond donors (Lipinski definition) is 2. The van der Waals surface area contributed by atoms with Crippen LogP contribution in [0.3, 0.4) is 0 Å². The quantitative estimate of drug-likeness (QED) is 0.784. The molecule has 158 valence electrons. The number of pyridine rings is 1. The molecule has 4 heterocycles. The molecule has 2 unspecified atom stereocenters. The highest BCUT2D eigenvalue weighted by atomic mass is 16.3. The molecule has 3 aliphatic rings. The molecule has 0 spiro atoms. The molecule has 0 aromatic carbocycles. The average Bonchev–Trinajstić information content (AvgIpc) is 3.41. The van der Waals surface area contributed by atoms with E-state index in [-0.39, 0.29) is 17.9 Å². The minimum atomic E-state index is -0.437. The predicted octanol–water partition coefficient (Wildman–Crippen LogP) is 2.38. The van der Waals surface area contributed by atoms with Crippen molar-refractivity contribution in [1.82, 2.24) is 15.0 Å². The van der Waals surface area contributed by atoms with Crippen LogP contribution in [0.2, 0.25) is 0 Å². The molecule has 2 N–H and O–H groups in total. The molecule has 2 aliphatic heterocycles. The third-order valence-corrected chi connectivity index (χ3v) is 6.33. The number of aliphatic hydroxyl groups is 1. The second kappa shape index (κ2) is 7.83. The largest absolute Gasteiger partial charge is 0.391 e. The molecule has 5 rings (SSSR count). The number of carbonyl (C=O) groups is 1. The summed E-state index contributed by atoms with van der Waals surface area (Å²) in [5, 5.41) is 13.2. The van der Waals surface area contributed by atoms with Gasteiger partial charge in [0.2, 0.25) is 5.91 Å². The molecule has 3 atom stereocenters. The minimum Gasteiger partial charge on any atom is -0.391 e. The second-order valence-electron chi connectivity index (χ2n) is 8.87. The van der Waals surface area contributed by atoms with Gasteiger partial charge in [0.05, 0.1) is 12.1 Å². The number of rotatable bonds is 5. The van der Waals surface area contributed by atoms with E-state index in [1.807, 2.05) is 6.20 Å². The summed E-state index contributed by atoms with van der Waals surface area (Å²) < 4.78 is 0. The van der Waals surface area contributed by atoms with Crippen molar-refractivity contribution in [2.75, 3.05) is 34.8 Å². The van der Waals surface area contributed by atoms with Crippen molar-refractivity contribution in [3.05, 3.63) is 36.3 Å². The molecule has 2 aromatic rings. The third-order valence-electron chi connectivity index (χ3n) is 6.33.